The van der Waals surface area contributed by atoms with Crippen molar-refractivity contribution in [2.45, 2.75) is 46.0 Å². The molecule has 0 amide bonds. The van der Waals surface area contributed by atoms with Crippen LogP contribution in [-0.4, -0.2) is 23.8 Å². The number of hydrogen-bond acceptors (Lipinski definition) is 6. The molecule has 0 saturated carbocycles. The zero-order chi connectivity index (χ0) is 17.9. The summed E-state index contributed by atoms with van der Waals surface area (Å²) in [5.74, 6) is -0.262. The van der Waals surface area contributed by atoms with Gasteiger partial charge in [-0.05, 0) is 30.9 Å². The number of nitrogens with one attached hydrogen (secondary N) is 1. The molecule has 0 fully saturated rings. The number of aromatic nitrogens is 1. The summed E-state index contributed by atoms with van der Waals surface area (Å²) in [6.45, 7) is 4.39. The van der Waals surface area contributed by atoms with Crippen molar-refractivity contribution in [3.8, 4) is 0 Å². The van der Waals surface area contributed by atoms with Crippen molar-refractivity contribution in [2.24, 2.45) is 5.10 Å². The fraction of sp³-hybridized carbons (Fsp3) is 0.421. The van der Waals surface area contributed by atoms with Gasteiger partial charge in [0, 0.05) is 5.38 Å². The number of carbonyl (C=O) groups is 1. The molecular formula is C19H25N3O2S. The topological polar surface area (TPSA) is 63.6 Å². The first-order valence-electron chi connectivity index (χ1n) is 8.69. The number of aryl methyl sites for hydroxylation is 1. The van der Waals surface area contributed by atoms with Gasteiger partial charge in [0.05, 0.1) is 24.9 Å². The van der Waals surface area contributed by atoms with Gasteiger partial charge in [0.15, 0.2) is 0 Å². The molecule has 1 aromatic heterocycles. The maximum Gasteiger partial charge on any atom is 0.311 e. The highest BCUT2D eigenvalue weighted by atomic mass is 32.1. The van der Waals surface area contributed by atoms with Gasteiger partial charge in [-0.15, -0.1) is 11.3 Å². The third kappa shape index (κ3) is 7.05. The average Bonchev–Trinajstić information content (AvgIpc) is 3.04. The standard InChI is InChI=1S/C19H25N3O2S/c1-3-5-6-7-15-8-10-16(11-9-15)13-20-22-19-21-17(14-25-19)12-18(23)24-4-2/h8-11,13-14H,3-7,12H2,1-2H3,(H,21,22). The Morgan fingerprint density at radius 2 is 2.08 bits per heavy atom. The number of rotatable bonds is 10. The first kappa shape index (κ1) is 19.1. The molecule has 0 aliphatic carbocycles. The normalized spacial score (nSPS) is 11.0. The van der Waals surface area contributed by atoms with E-state index in [9.17, 15) is 4.79 Å². The van der Waals surface area contributed by atoms with Crippen LogP contribution in [0.3, 0.4) is 0 Å². The lowest BCUT2D eigenvalue weighted by molar-refractivity contribution is -0.142. The van der Waals surface area contributed by atoms with Crippen molar-refractivity contribution in [1.82, 2.24) is 4.98 Å². The quantitative estimate of drug-likeness (QED) is 0.295. The Balaban J connectivity index is 1.80. The molecule has 1 aromatic carbocycles. The summed E-state index contributed by atoms with van der Waals surface area (Å²) in [6.07, 6.45) is 6.85. The van der Waals surface area contributed by atoms with Crippen molar-refractivity contribution >= 4 is 28.7 Å². The number of carbonyl (C=O) groups excluding carboxylic acids is 1. The molecule has 0 spiro atoms. The second-order valence-electron chi connectivity index (χ2n) is 5.69. The van der Waals surface area contributed by atoms with Gasteiger partial charge < -0.3 is 4.74 Å². The van der Waals surface area contributed by atoms with Gasteiger partial charge in [-0.1, -0.05) is 44.0 Å². The lowest BCUT2D eigenvalue weighted by Crippen LogP contribution is -2.07. The van der Waals surface area contributed by atoms with Crippen LogP contribution in [0.5, 0.6) is 0 Å². The summed E-state index contributed by atoms with van der Waals surface area (Å²) in [6, 6.07) is 8.44. The maximum atomic E-state index is 11.4. The number of esters is 1. The lowest BCUT2D eigenvalue weighted by Gasteiger charge is -2.01. The fourth-order valence-corrected chi connectivity index (χ4v) is 2.97. The molecule has 0 saturated heterocycles. The summed E-state index contributed by atoms with van der Waals surface area (Å²) in [7, 11) is 0. The molecule has 0 aliphatic rings. The number of anilines is 1. The largest absolute Gasteiger partial charge is 0.466 e. The molecular weight excluding hydrogens is 334 g/mol. The molecule has 6 heteroatoms. The predicted molar refractivity (Wildman–Crippen MR) is 103 cm³/mol. The van der Waals surface area contributed by atoms with Crippen LogP contribution in [0.25, 0.3) is 0 Å². The molecule has 25 heavy (non-hydrogen) atoms. The summed E-state index contributed by atoms with van der Waals surface area (Å²) in [5, 5.41) is 6.69. The fourth-order valence-electron chi connectivity index (χ4n) is 2.31. The molecule has 0 aliphatic heterocycles. The van der Waals surface area contributed by atoms with Gasteiger partial charge in [0.25, 0.3) is 0 Å². The van der Waals surface area contributed by atoms with Crippen LogP contribution < -0.4 is 5.43 Å². The van der Waals surface area contributed by atoms with E-state index >= 15 is 0 Å². The summed E-state index contributed by atoms with van der Waals surface area (Å²) >= 11 is 1.41. The van der Waals surface area contributed by atoms with Crippen LogP contribution in [0.15, 0.2) is 34.7 Å². The number of thiazole rings is 1. The molecule has 2 aromatic rings. The molecule has 1 heterocycles. The Kier molecular flexibility index (Phi) is 8.12. The SMILES string of the molecule is CCCCCc1ccc(C=NNc2nc(CC(=O)OCC)cs2)cc1. The lowest BCUT2D eigenvalue weighted by atomic mass is 10.1. The van der Waals surface area contributed by atoms with Crippen LogP contribution in [0, 0.1) is 0 Å². The average molecular weight is 359 g/mol. The molecule has 5 nitrogen and oxygen atoms in total. The van der Waals surface area contributed by atoms with Gasteiger partial charge in [-0.25, -0.2) is 4.98 Å². The summed E-state index contributed by atoms with van der Waals surface area (Å²) < 4.78 is 4.91. The van der Waals surface area contributed by atoms with Crippen LogP contribution in [0.2, 0.25) is 0 Å². The van der Waals surface area contributed by atoms with E-state index < -0.39 is 0 Å². The molecule has 1 N–H and O–H groups in total. The molecule has 0 bridgehead atoms. The zero-order valence-corrected chi connectivity index (χ0v) is 15.6. The van der Waals surface area contributed by atoms with Crippen LogP contribution in [-0.2, 0) is 22.4 Å². The van der Waals surface area contributed by atoms with Gasteiger partial charge in [-0.3, -0.25) is 10.2 Å². The first-order valence-corrected chi connectivity index (χ1v) is 9.57. The Bertz CT molecular complexity index is 680. The number of ether oxygens (including phenoxy) is 1. The minimum atomic E-state index is -0.262. The second-order valence-corrected chi connectivity index (χ2v) is 6.55. The van der Waals surface area contributed by atoms with Gasteiger partial charge in [0.1, 0.15) is 0 Å². The van der Waals surface area contributed by atoms with E-state index in [-0.39, 0.29) is 12.4 Å². The Hall–Kier alpha value is -2.21. The third-order valence-electron chi connectivity index (χ3n) is 3.61. The highest BCUT2D eigenvalue weighted by molar-refractivity contribution is 7.13. The minimum absolute atomic E-state index is 0.190. The maximum absolute atomic E-state index is 11.4. The van der Waals surface area contributed by atoms with Crippen molar-refractivity contribution in [3.05, 3.63) is 46.5 Å². The van der Waals surface area contributed by atoms with Gasteiger partial charge in [0.2, 0.25) is 5.13 Å². The number of nitrogens with zero attached hydrogens (tertiary/aromatic N) is 2. The van der Waals surface area contributed by atoms with E-state index in [0.29, 0.717) is 17.4 Å². The first-order chi connectivity index (χ1) is 12.2. The third-order valence-corrected chi connectivity index (χ3v) is 4.40. The van der Waals surface area contributed by atoms with E-state index in [0.717, 1.165) is 12.0 Å². The van der Waals surface area contributed by atoms with Crippen LogP contribution in [0.1, 0.15) is 49.9 Å². The highest BCUT2D eigenvalue weighted by Crippen LogP contribution is 2.16. The molecule has 0 radical (unpaired) electrons. The van der Waals surface area contributed by atoms with Gasteiger partial charge >= 0.3 is 5.97 Å². The molecule has 0 atom stereocenters. The number of hydrogen-bond donors (Lipinski definition) is 1. The van der Waals surface area contributed by atoms with Crippen LogP contribution >= 0.6 is 11.3 Å². The van der Waals surface area contributed by atoms with Crippen molar-refractivity contribution in [1.29, 1.82) is 0 Å². The van der Waals surface area contributed by atoms with E-state index in [1.54, 1.807) is 13.1 Å². The molecule has 2 rings (SSSR count). The Morgan fingerprint density at radius 3 is 2.80 bits per heavy atom. The van der Waals surface area contributed by atoms with Crippen molar-refractivity contribution < 1.29 is 9.53 Å². The summed E-state index contributed by atoms with van der Waals surface area (Å²) in [4.78, 5) is 15.7. The van der Waals surface area contributed by atoms with Gasteiger partial charge in [-0.2, -0.15) is 5.10 Å². The van der Waals surface area contributed by atoms with Crippen LogP contribution in [0.4, 0.5) is 5.13 Å². The summed E-state index contributed by atoms with van der Waals surface area (Å²) in [5.41, 5.74) is 5.99. The molecule has 134 valence electrons. The highest BCUT2D eigenvalue weighted by Gasteiger charge is 2.07. The number of hydrazone groups is 1. The molecule has 0 unspecified atom stereocenters. The van der Waals surface area contributed by atoms with E-state index in [1.165, 1.54) is 36.2 Å². The number of unbranched alkanes of at least 4 members (excludes halogenated alkanes) is 2. The smallest absolute Gasteiger partial charge is 0.311 e. The Morgan fingerprint density at radius 1 is 1.28 bits per heavy atom. The van der Waals surface area contributed by atoms with E-state index in [1.807, 2.05) is 5.38 Å². The Labute approximate surface area is 153 Å². The van der Waals surface area contributed by atoms with E-state index in [2.05, 4.69) is 46.7 Å². The second kappa shape index (κ2) is 10.6. The number of benzene rings is 1. The van der Waals surface area contributed by atoms with E-state index in [4.69, 9.17) is 4.74 Å². The monoisotopic (exact) mass is 359 g/mol. The minimum Gasteiger partial charge on any atom is -0.466 e. The van der Waals surface area contributed by atoms with Crippen molar-refractivity contribution in [3.63, 3.8) is 0 Å². The van der Waals surface area contributed by atoms with Crippen molar-refractivity contribution in [2.75, 3.05) is 12.0 Å². The predicted octanol–water partition coefficient (Wildman–Crippen LogP) is 4.43. The zero-order valence-electron chi connectivity index (χ0n) is 14.8.